The number of hydrogen-bond acceptors (Lipinski definition) is 7. The Morgan fingerprint density at radius 2 is 1.08 bits per heavy atom. The molecule has 348 valence electrons. The molecular formula is C53H95NO6. The van der Waals surface area contributed by atoms with Crippen molar-refractivity contribution >= 4 is 11.9 Å². The van der Waals surface area contributed by atoms with Crippen LogP contribution in [0.1, 0.15) is 207 Å². The number of hydrogen-bond donors (Lipinski definition) is 0. The van der Waals surface area contributed by atoms with Crippen molar-refractivity contribution in [2.24, 2.45) is 11.8 Å². The second-order valence-corrected chi connectivity index (χ2v) is 17.8. The van der Waals surface area contributed by atoms with Crippen LogP contribution in [-0.2, 0) is 28.5 Å². The molecule has 0 amide bonds. The van der Waals surface area contributed by atoms with E-state index >= 15 is 0 Å². The summed E-state index contributed by atoms with van der Waals surface area (Å²) in [4.78, 5) is 27.5. The molecule has 4 unspecified atom stereocenters. The standard InChI is InChI=1S/C53H95NO6/c1-6-8-10-12-14-16-18-20-22-24-26-28-30-32-34-36-43-57-46-50(58-44-37-35-33-31-29-27-25-23-21-19-17-15-13-11-9-7-2)47-59-53(56)45-49-40-41-51(48(49)3)60-52(55)39-38-42-54(4)5/h14-17,20-23,48-51H,6-13,18-19,24-47H2,1-5H3/b16-14-,17-15-,22-20-,23-21-. The molecule has 1 saturated carbocycles. The zero-order valence-electron chi connectivity index (χ0n) is 39.9. The second kappa shape index (κ2) is 42.1. The molecule has 0 aromatic carbocycles. The average Bonchev–Trinajstić information content (AvgIpc) is 3.56. The molecule has 4 atom stereocenters. The van der Waals surface area contributed by atoms with Crippen LogP contribution in [0.2, 0.25) is 0 Å². The van der Waals surface area contributed by atoms with Gasteiger partial charge in [-0.2, -0.15) is 0 Å². The molecule has 0 aromatic heterocycles. The Morgan fingerprint density at radius 3 is 1.62 bits per heavy atom. The zero-order chi connectivity index (χ0) is 43.6. The van der Waals surface area contributed by atoms with E-state index in [9.17, 15) is 9.59 Å². The molecule has 0 radical (unpaired) electrons. The van der Waals surface area contributed by atoms with Gasteiger partial charge in [-0.3, -0.25) is 9.59 Å². The van der Waals surface area contributed by atoms with Crippen LogP contribution in [0.15, 0.2) is 48.6 Å². The molecule has 60 heavy (non-hydrogen) atoms. The quantitative estimate of drug-likeness (QED) is 0.0344. The molecule has 7 heteroatoms. The van der Waals surface area contributed by atoms with E-state index < -0.39 is 0 Å². The number of allylic oxidation sites excluding steroid dienone is 8. The minimum Gasteiger partial charge on any atom is -0.463 e. The van der Waals surface area contributed by atoms with Gasteiger partial charge in [-0.25, -0.2) is 0 Å². The summed E-state index contributed by atoms with van der Waals surface area (Å²) in [5.41, 5.74) is 0. The maximum Gasteiger partial charge on any atom is 0.306 e. The zero-order valence-corrected chi connectivity index (χ0v) is 39.9. The van der Waals surface area contributed by atoms with E-state index in [1.807, 2.05) is 14.1 Å². The van der Waals surface area contributed by atoms with Crippen molar-refractivity contribution in [1.29, 1.82) is 0 Å². The molecule has 1 aliphatic rings. The van der Waals surface area contributed by atoms with E-state index in [-0.39, 0.29) is 42.6 Å². The summed E-state index contributed by atoms with van der Waals surface area (Å²) in [6, 6.07) is 0. The lowest BCUT2D eigenvalue weighted by atomic mass is 9.94. The van der Waals surface area contributed by atoms with Gasteiger partial charge in [-0.05, 0) is 129 Å². The molecule has 0 N–H and O–H groups in total. The number of ether oxygens (including phenoxy) is 4. The Kier molecular flexibility index (Phi) is 39.2. The molecule has 0 aliphatic heterocycles. The van der Waals surface area contributed by atoms with Gasteiger partial charge in [0.15, 0.2) is 0 Å². The predicted octanol–water partition coefficient (Wildman–Crippen LogP) is 14.2. The minimum atomic E-state index is -0.256. The first-order chi connectivity index (χ1) is 29.4. The first-order valence-corrected chi connectivity index (χ1v) is 25.2. The van der Waals surface area contributed by atoms with E-state index in [4.69, 9.17) is 18.9 Å². The molecule has 7 nitrogen and oxygen atoms in total. The van der Waals surface area contributed by atoms with Crippen LogP contribution in [-0.4, -0.2) is 76.1 Å². The summed E-state index contributed by atoms with van der Waals surface area (Å²) < 4.78 is 24.0. The van der Waals surface area contributed by atoms with Crippen LogP contribution in [0, 0.1) is 11.8 Å². The second-order valence-electron chi connectivity index (χ2n) is 17.8. The third kappa shape index (κ3) is 35.4. The Morgan fingerprint density at radius 1 is 0.583 bits per heavy atom. The first-order valence-electron chi connectivity index (χ1n) is 25.2. The number of unbranched alkanes of at least 4 members (excludes halogenated alkanes) is 18. The average molecular weight is 842 g/mol. The highest BCUT2D eigenvalue weighted by atomic mass is 16.6. The smallest absolute Gasteiger partial charge is 0.306 e. The van der Waals surface area contributed by atoms with Gasteiger partial charge >= 0.3 is 11.9 Å². The summed E-state index contributed by atoms with van der Waals surface area (Å²) >= 11 is 0. The van der Waals surface area contributed by atoms with Gasteiger partial charge in [0.1, 0.15) is 18.8 Å². The highest BCUT2D eigenvalue weighted by Crippen LogP contribution is 2.36. The SMILES string of the molecule is CCCCC/C=C\C/C=C\CCCCCCCCOCC(COC(=O)CC1CCC(OC(=O)CCCN(C)C)C1C)OCCCCCCCC/C=C\C/C=C\CCCCC. The number of carbonyl (C=O) groups is 2. The molecule has 1 rings (SSSR count). The monoisotopic (exact) mass is 842 g/mol. The fourth-order valence-corrected chi connectivity index (χ4v) is 7.78. The van der Waals surface area contributed by atoms with Crippen LogP contribution < -0.4 is 0 Å². The molecule has 1 aliphatic carbocycles. The van der Waals surface area contributed by atoms with Gasteiger partial charge in [0.2, 0.25) is 0 Å². The molecule has 1 fully saturated rings. The van der Waals surface area contributed by atoms with Gasteiger partial charge in [0.25, 0.3) is 0 Å². The Hall–Kier alpha value is -2.22. The van der Waals surface area contributed by atoms with Crippen LogP contribution >= 0.6 is 0 Å². The van der Waals surface area contributed by atoms with E-state index in [1.54, 1.807) is 0 Å². The van der Waals surface area contributed by atoms with Crippen LogP contribution in [0.4, 0.5) is 0 Å². The van der Waals surface area contributed by atoms with Gasteiger partial charge in [0.05, 0.1) is 6.61 Å². The van der Waals surface area contributed by atoms with Crippen molar-refractivity contribution in [3.8, 4) is 0 Å². The maximum atomic E-state index is 13.0. The van der Waals surface area contributed by atoms with Crippen molar-refractivity contribution in [1.82, 2.24) is 4.90 Å². The number of nitrogens with zero attached hydrogens (tertiary/aromatic N) is 1. The molecule has 0 spiro atoms. The van der Waals surface area contributed by atoms with Crippen molar-refractivity contribution in [3.05, 3.63) is 48.6 Å². The van der Waals surface area contributed by atoms with Gasteiger partial charge in [-0.1, -0.05) is 146 Å². The summed E-state index contributed by atoms with van der Waals surface area (Å²) in [5, 5.41) is 0. The maximum absolute atomic E-state index is 13.0. The predicted molar refractivity (Wildman–Crippen MR) is 254 cm³/mol. The number of rotatable bonds is 42. The number of carbonyl (C=O) groups excluding carboxylic acids is 2. The largest absolute Gasteiger partial charge is 0.463 e. The topological polar surface area (TPSA) is 74.3 Å². The van der Waals surface area contributed by atoms with E-state index in [1.165, 1.54) is 122 Å². The Labute approximate surface area is 370 Å². The molecule has 0 heterocycles. The van der Waals surface area contributed by atoms with Gasteiger partial charge in [-0.15, -0.1) is 0 Å². The normalized spacial score (nSPS) is 17.7. The summed E-state index contributed by atoms with van der Waals surface area (Å²) in [7, 11) is 4.02. The van der Waals surface area contributed by atoms with Crippen LogP contribution in [0.5, 0.6) is 0 Å². The molecular weight excluding hydrogens is 747 g/mol. The number of esters is 2. The third-order valence-electron chi connectivity index (χ3n) is 11.8. The highest BCUT2D eigenvalue weighted by molar-refractivity contribution is 5.70. The summed E-state index contributed by atoms with van der Waals surface area (Å²) in [6.45, 7) is 9.51. The Bertz CT molecular complexity index is 1100. The van der Waals surface area contributed by atoms with Crippen molar-refractivity contribution in [2.75, 3.05) is 47.1 Å². The lowest BCUT2D eigenvalue weighted by Crippen LogP contribution is -2.29. The fourth-order valence-electron chi connectivity index (χ4n) is 7.78. The summed E-state index contributed by atoms with van der Waals surface area (Å²) in [5.74, 6) is -0.0251. The van der Waals surface area contributed by atoms with Crippen LogP contribution in [0.3, 0.4) is 0 Å². The highest BCUT2D eigenvalue weighted by Gasteiger charge is 2.36. The summed E-state index contributed by atoms with van der Waals surface area (Å²) in [6.07, 6.45) is 50.7. The van der Waals surface area contributed by atoms with Gasteiger partial charge < -0.3 is 23.8 Å². The van der Waals surface area contributed by atoms with Crippen molar-refractivity contribution in [3.63, 3.8) is 0 Å². The lowest BCUT2D eigenvalue weighted by Gasteiger charge is -2.22. The van der Waals surface area contributed by atoms with E-state index in [0.717, 1.165) is 57.9 Å². The van der Waals surface area contributed by atoms with E-state index in [0.29, 0.717) is 32.7 Å². The van der Waals surface area contributed by atoms with Crippen LogP contribution in [0.25, 0.3) is 0 Å². The minimum absolute atomic E-state index is 0.118. The third-order valence-corrected chi connectivity index (χ3v) is 11.8. The van der Waals surface area contributed by atoms with Crippen molar-refractivity contribution in [2.45, 2.75) is 219 Å². The Balaban J connectivity index is 2.33. The molecule has 0 aromatic rings. The van der Waals surface area contributed by atoms with Gasteiger partial charge in [0, 0.05) is 26.1 Å². The fraction of sp³-hybridized carbons (Fsp3) is 0.811. The first kappa shape index (κ1) is 55.8. The molecule has 0 saturated heterocycles. The van der Waals surface area contributed by atoms with E-state index in [2.05, 4.69) is 74.3 Å². The van der Waals surface area contributed by atoms with Crippen molar-refractivity contribution < 1.29 is 28.5 Å². The molecule has 0 bridgehead atoms. The lowest BCUT2D eigenvalue weighted by molar-refractivity contribution is -0.152.